The van der Waals surface area contributed by atoms with Gasteiger partial charge < -0.3 is 15.4 Å². The van der Waals surface area contributed by atoms with E-state index in [1.54, 1.807) is 24.3 Å². The highest BCUT2D eigenvalue weighted by molar-refractivity contribution is 7.19. The lowest BCUT2D eigenvalue weighted by Gasteiger charge is -2.09. The van der Waals surface area contributed by atoms with Crippen LogP contribution in [-0.4, -0.2) is 34.3 Å². The molecule has 0 saturated carbocycles. The maximum atomic E-state index is 13.3. The number of anilines is 2. The molecule has 2 aromatic heterocycles. The van der Waals surface area contributed by atoms with Crippen LogP contribution >= 0.6 is 11.3 Å². The van der Waals surface area contributed by atoms with Crippen LogP contribution in [0.1, 0.15) is 55.1 Å². The summed E-state index contributed by atoms with van der Waals surface area (Å²) in [4.78, 5) is 56.1. The molecule has 2 heterocycles. The van der Waals surface area contributed by atoms with Crippen molar-refractivity contribution in [1.29, 1.82) is 0 Å². The Labute approximate surface area is 210 Å². The molecule has 0 bridgehead atoms. The van der Waals surface area contributed by atoms with Gasteiger partial charge in [0.15, 0.2) is 4.96 Å². The van der Waals surface area contributed by atoms with Crippen LogP contribution in [0.2, 0.25) is 0 Å². The zero-order valence-electron chi connectivity index (χ0n) is 20.0. The van der Waals surface area contributed by atoms with Gasteiger partial charge in [-0.05, 0) is 49.7 Å². The van der Waals surface area contributed by atoms with Crippen molar-refractivity contribution in [3.05, 3.63) is 92.3 Å². The number of methoxy groups -OCH3 is 1. The standard InChI is InChI=1S/C26H24N4O5S/c1-4-5-19-14-20(31)30-21(23(32)27-17-10-6-15(2)7-11-17)22(36-26(30)29-19)24(33)28-18-12-8-16(9-13-18)25(34)35-3/h6-14H,4-5H2,1-3H3,(H,27,32)(H,28,33). The summed E-state index contributed by atoms with van der Waals surface area (Å²) < 4.78 is 5.86. The minimum Gasteiger partial charge on any atom is -0.465 e. The molecule has 0 aliphatic rings. The van der Waals surface area contributed by atoms with Gasteiger partial charge in [-0.15, -0.1) is 0 Å². The first kappa shape index (κ1) is 24.8. The predicted octanol–water partition coefficient (Wildman–Crippen LogP) is 4.31. The summed E-state index contributed by atoms with van der Waals surface area (Å²) >= 11 is 0.963. The molecule has 2 N–H and O–H groups in total. The smallest absolute Gasteiger partial charge is 0.337 e. The SMILES string of the molecule is CCCc1cc(=O)n2c(C(=O)Nc3ccc(C)cc3)c(C(=O)Nc3ccc(C(=O)OC)cc3)sc2n1. The van der Waals surface area contributed by atoms with Gasteiger partial charge in [-0.3, -0.25) is 14.4 Å². The molecule has 10 heteroatoms. The number of rotatable bonds is 7. The molecule has 2 amide bonds. The molecule has 2 aromatic carbocycles. The lowest BCUT2D eigenvalue weighted by atomic mass is 10.2. The van der Waals surface area contributed by atoms with Crippen LogP contribution < -0.4 is 16.2 Å². The Bertz CT molecular complexity index is 1500. The predicted molar refractivity (Wildman–Crippen MR) is 138 cm³/mol. The van der Waals surface area contributed by atoms with Crippen molar-refractivity contribution in [3.8, 4) is 0 Å². The highest BCUT2D eigenvalue weighted by Gasteiger charge is 2.26. The van der Waals surface area contributed by atoms with E-state index in [1.807, 2.05) is 26.0 Å². The van der Waals surface area contributed by atoms with E-state index in [0.717, 1.165) is 23.3 Å². The number of benzene rings is 2. The molecule has 0 aliphatic heterocycles. The van der Waals surface area contributed by atoms with Crippen LogP contribution in [0.4, 0.5) is 11.4 Å². The number of carbonyl (C=O) groups excluding carboxylic acids is 3. The van der Waals surface area contributed by atoms with E-state index in [0.29, 0.717) is 29.1 Å². The molecule has 4 rings (SSSR count). The number of thiazole rings is 1. The number of hydrogen-bond acceptors (Lipinski definition) is 7. The monoisotopic (exact) mass is 504 g/mol. The van der Waals surface area contributed by atoms with E-state index in [2.05, 4.69) is 20.4 Å². The van der Waals surface area contributed by atoms with Gasteiger partial charge in [0.05, 0.1) is 12.7 Å². The Hall–Kier alpha value is -4.31. The Kier molecular flexibility index (Phi) is 7.25. The molecule has 0 aliphatic carbocycles. The number of aryl methyl sites for hydroxylation is 2. The number of ether oxygens (including phenoxy) is 1. The summed E-state index contributed by atoms with van der Waals surface area (Å²) in [6, 6.07) is 14.7. The molecular formula is C26H24N4O5S. The van der Waals surface area contributed by atoms with Gasteiger partial charge >= 0.3 is 5.97 Å². The quantitative estimate of drug-likeness (QED) is 0.362. The van der Waals surface area contributed by atoms with Crippen molar-refractivity contribution < 1.29 is 19.1 Å². The van der Waals surface area contributed by atoms with E-state index < -0.39 is 23.3 Å². The second kappa shape index (κ2) is 10.5. The Morgan fingerprint density at radius 3 is 2.19 bits per heavy atom. The second-order valence-corrected chi connectivity index (χ2v) is 9.05. The fourth-order valence-corrected chi connectivity index (χ4v) is 4.63. The average molecular weight is 505 g/mol. The maximum absolute atomic E-state index is 13.3. The van der Waals surface area contributed by atoms with Crippen molar-refractivity contribution in [2.75, 3.05) is 17.7 Å². The lowest BCUT2D eigenvalue weighted by molar-refractivity contribution is 0.0600. The van der Waals surface area contributed by atoms with Gasteiger partial charge in [-0.1, -0.05) is 42.4 Å². The summed E-state index contributed by atoms with van der Waals surface area (Å²) in [7, 11) is 1.28. The molecule has 0 radical (unpaired) electrons. The minimum absolute atomic E-state index is 0.0369. The first-order chi connectivity index (χ1) is 17.3. The largest absolute Gasteiger partial charge is 0.465 e. The summed E-state index contributed by atoms with van der Waals surface area (Å²) in [5, 5.41) is 5.49. The van der Waals surface area contributed by atoms with E-state index >= 15 is 0 Å². The van der Waals surface area contributed by atoms with Crippen molar-refractivity contribution in [3.63, 3.8) is 0 Å². The third kappa shape index (κ3) is 5.18. The van der Waals surface area contributed by atoms with Gasteiger partial charge in [0, 0.05) is 23.1 Å². The van der Waals surface area contributed by atoms with Gasteiger partial charge in [0.2, 0.25) is 0 Å². The Balaban J connectivity index is 1.74. The number of aromatic nitrogens is 2. The van der Waals surface area contributed by atoms with Crippen molar-refractivity contribution in [1.82, 2.24) is 9.38 Å². The average Bonchev–Trinajstić information content (AvgIpc) is 3.26. The number of nitrogens with one attached hydrogen (secondary N) is 2. The third-order valence-corrected chi connectivity index (χ3v) is 6.41. The van der Waals surface area contributed by atoms with Crippen molar-refractivity contribution >= 4 is 45.5 Å². The Morgan fingerprint density at radius 2 is 1.58 bits per heavy atom. The minimum atomic E-state index is -0.608. The second-order valence-electron chi connectivity index (χ2n) is 8.08. The Morgan fingerprint density at radius 1 is 0.972 bits per heavy atom. The van der Waals surface area contributed by atoms with Gasteiger partial charge in [0.1, 0.15) is 10.6 Å². The summed E-state index contributed by atoms with van der Waals surface area (Å²) in [5.41, 5.74) is 2.35. The van der Waals surface area contributed by atoms with Gasteiger partial charge in [0.25, 0.3) is 17.4 Å². The van der Waals surface area contributed by atoms with E-state index in [-0.39, 0.29) is 15.5 Å². The summed E-state index contributed by atoms with van der Waals surface area (Å²) in [6.07, 6.45) is 1.40. The van der Waals surface area contributed by atoms with Crippen LogP contribution in [0.15, 0.2) is 59.4 Å². The normalized spacial score (nSPS) is 10.8. The topological polar surface area (TPSA) is 119 Å². The number of amides is 2. The zero-order valence-corrected chi connectivity index (χ0v) is 20.8. The molecule has 9 nitrogen and oxygen atoms in total. The number of esters is 1. The molecule has 36 heavy (non-hydrogen) atoms. The molecule has 184 valence electrons. The van der Waals surface area contributed by atoms with Crippen LogP contribution in [0.25, 0.3) is 4.96 Å². The van der Waals surface area contributed by atoms with Crippen LogP contribution in [0.5, 0.6) is 0 Å². The van der Waals surface area contributed by atoms with E-state index in [4.69, 9.17) is 0 Å². The fraction of sp³-hybridized carbons (Fsp3) is 0.192. The van der Waals surface area contributed by atoms with Crippen molar-refractivity contribution in [2.24, 2.45) is 0 Å². The fourth-order valence-electron chi connectivity index (χ4n) is 3.59. The van der Waals surface area contributed by atoms with Gasteiger partial charge in [-0.25, -0.2) is 14.2 Å². The third-order valence-electron chi connectivity index (χ3n) is 5.37. The molecule has 0 saturated heterocycles. The molecule has 4 aromatic rings. The first-order valence-electron chi connectivity index (χ1n) is 11.2. The molecular weight excluding hydrogens is 480 g/mol. The number of fused-ring (bicyclic) bond motifs is 1. The van der Waals surface area contributed by atoms with Crippen LogP contribution in [0.3, 0.4) is 0 Å². The lowest BCUT2D eigenvalue weighted by Crippen LogP contribution is -2.25. The molecule has 0 fully saturated rings. The zero-order chi connectivity index (χ0) is 25.8. The first-order valence-corrected chi connectivity index (χ1v) is 12.1. The van der Waals surface area contributed by atoms with Crippen molar-refractivity contribution in [2.45, 2.75) is 26.7 Å². The van der Waals surface area contributed by atoms with Crippen LogP contribution in [0, 0.1) is 6.92 Å². The molecule has 0 spiro atoms. The maximum Gasteiger partial charge on any atom is 0.337 e. The van der Waals surface area contributed by atoms with E-state index in [9.17, 15) is 19.2 Å². The number of nitrogens with zero attached hydrogens (tertiary/aromatic N) is 2. The van der Waals surface area contributed by atoms with Crippen LogP contribution in [-0.2, 0) is 11.2 Å². The highest BCUT2D eigenvalue weighted by Crippen LogP contribution is 2.24. The van der Waals surface area contributed by atoms with Gasteiger partial charge in [-0.2, -0.15) is 0 Å². The summed E-state index contributed by atoms with van der Waals surface area (Å²) in [6.45, 7) is 3.90. The number of carbonyl (C=O) groups is 3. The van der Waals surface area contributed by atoms with E-state index in [1.165, 1.54) is 29.7 Å². The summed E-state index contributed by atoms with van der Waals surface area (Å²) in [5.74, 6) is -1.69. The molecule has 0 atom stereocenters. The molecule has 0 unspecified atom stereocenters. The highest BCUT2D eigenvalue weighted by atomic mass is 32.1. The number of hydrogen-bond donors (Lipinski definition) is 2.